The van der Waals surface area contributed by atoms with Crippen LogP contribution >= 0.6 is 0 Å². The van der Waals surface area contributed by atoms with E-state index in [-0.39, 0.29) is 11.8 Å². The monoisotopic (exact) mass is 366 g/mol. The van der Waals surface area contributed by atoms with Crippen LogP contribution < -0.4 is 10.6 Å². The molecule has 132 valence electrons. The number of carbonyl (C=O) groups excluding carboxylic acids is 2. The molecule has 3 aromatic carbocycles. The predicted octanol–water partition coefficient (Wildman–Crippen LogP) is 2.73. The van der Waals surface area contributed by atoms with E-state index in [1.165, 1.54) is 7.05 Å². The Morgan fingerprint density at radius 2 is 1.27 bits per heavy atom. The highest BCUT2D eigenvalue weighted by atomic mass is 32.2. The van der Waals surface area contributed by atoms with Gasteiger partial charge in [-0.25, -0.2) is 4.21 Å². The number of benzene rings is 3. The number of fused-ring (bicyclic) bond motifs is 1. The van der Waals surface area contributed by atoms with E-state index in [0.29, 0.717) is 26.3 Å². The molecule has 0 fully saturated rings. The lowest BCUT2D eigenvalue weighted by atomic mass is 10.0. The lowest BCUT2D eigenvalue weighted by Gasteiger charge is -2.13. The van der Waals surface area contributed by atoms with E-state index >= 15 is 0 Å². The van der Waals surface area contributed by atoms with E-state index in [2.05, 4.69) is 10.6 Å². The van der Waals surface area contributed by atoms with Gasteiger partial charge < -0.3 is 10.6 Å². The molecule has 2 amide bonds. The highest BCUT2D eigenvalue weighted by molar-refractivity contribution is 7.85. The number of hydrogen-bond acceptors (Lipinski definition) is 3. The minimum Gasteiger partial charge on any atom is -0.355 e. The first kappa shape index (κ1) is 17.8. The van der Waals surface area contributed by atoms with Gasteiger partial charge in [0.25, 0.3) is 11.8 Å². The maximum atomic E-state index is 13.4. The molecule has 0 saturated carbocycles. The van der Waals surface area contributed by atoms with Crippen LogP contribution in [0.3, 0.4) is 0 Å². The maximum Gasteiger partial charge on any atom is 0.252 e. The molecule has 1 atom stereocenters. The topological polar surface area (TPSA) is 75.3 Å². The third-order valence-electron chi connectivity index (χ3n) is 4.10. The highest BCUT2D eigenvalue weighted by Crippen LogP contribution is 2.29. The van der Waals surface area contributed by atoms with Crippen molar-refractivity contribution in [1.82, 2.24) is 10.6 Å². The van der Waals surface area contributed by atoms with Gasteiger partial charge in [0.2, 0.25) is 0 Å². The summed E-state index contributed by atoms with van der Waals surface area (Å²) in [4.78, 5) is 25.3. The zero-order chi connectivity index (χ0) is 18.7. The van der Waals surface area contributed by atoms with Crippen molar-refractivity contribution in [3.63, 3.8) is 0 Å². The summed E-state index contributed by atoms with van der Waals surface area (Å²) in [5.74, 6) is -0.555. The van der Waals surface area contributed by atoms with Crippen LogP contribution in [0.25, 0.3) is 10.8 Å². The van der Waals surface area contributed by atoms with Gasteiger partial charge in [-0.3, -0.25) is 9.59 Å². The van der Waals surface area contributed by atoms with Crippen molar-refractivity contribution in [3.8, 4) is 0 Å². The van der Waals surface area contributed by atoms with Crippen LogP contribution in [0.15, 0.2) is 70.5 Å². The molecule has 0 aromatic heterocycles. The fourth-order valence-electron chi connectivity index (χ4n) is 2.85. The van der Waals surface area contributed by atoms with E-state index in [9.17, 15) is 13.8 Å². The Hall–Kier alpha value is -2.99. The number of nitrogens with one attached hydrogen (secondary N) is 2. The van der Waals surface area contributed by atoms with Crippen molar-refractivity contribution in [1.29, 1.82) is 0 Å². The van der Waals surface area contributed by atoms with Gasteiger partial charge in [-0.2, -0.15) is 0 Å². The van der Waals surface area contributed by atoms with E-state index in [0.717, 1.165) is 5.39 Å². The van der Waals surface area contributed by atoms with Gasteiger partial charge >= 0.3 is 0 Å². The van der Waals surface area contributed by atoms with E-state index in [1.54, 1.807) is 55.6 Å². The Morgan fingerprint density at radius 1 is 0.731 bits per heavy atom. The van der Waals surface area contributed by atoms with Gasteiger partial charge in [0.05, 0.1) is 26.2 Å². The van der Waals surface area contributed by atoms with Crippen molar-refractivity contribution < 1.29 is 13.8 Å². The molecule has 3 aromatic rings. The summed E-state index contributed by atoms with van der Waals surface area (Å²) >= 11 is 0. The molecule has 2 N–H and O–H groups in total. The fourth-order valence-corrected chi connectivity index (χ4v) is 4.27. The first-order chi connectivity index (χ1) is 12.6. The summed E-state index contributed by atoms with van der Waals surface area (Å²) < 4.78 is 13.4. The molecule has 6 heteroatoms. The fraction of sp³-hybridized carbons (Fsp3) is 0.100. The molecule has 0 aliphatic heterocycles. The first-order valence-corrected chi connectivity index (χ1v) is 9.20. The molecule has 0 heterocycles. The molecule has 0 aliphatic carbocycles. The summed E-state index contributed by atoms with van der Waals surface area (Å²) in [6.45, 7) is 0. The number of hydrogen-bond donors (Lipinski definition) is 2. The molecular formula is C20H18N2O3S. The molecule has 3 rings (SSSR count). The molecule has 0 saturated heterocycles. The minimum atomic E-state index is -1.62. The quantitative estimate of drug-likeness (QED) is 0.745. The van der Waals surface area contributed by atoms with E-state index in [1.807, 2.05) is 12.1 Å². The lowest BCUT2D eigenvalue weighted by Crippen LogP contribution is -2.20. The normalized spacial score (nSPS) is 11.8. The van der Waals surface area contributed by atoms with Crippen LogP contribution in [0.4, 0.5) is 0 Å². The Bertz CT molecular complexity index is 1030. The SMILES string of the molecule is CNC(=O)c1ccccc1[S@@](=O)c1cccc2cccc(C(=O)NC)c12. The van der Waals surface area contributed by atoms with Crippen LogP contribution in [0.2, 0.25) is 0 Å². The summed E-state index contributed by atoms with van der Waals surface area (Å²) in [6.07, 6.45) is 0. The summed E-state index contributed by atoms with van der Waals surface area (Å²) in [6, 6.07) is 17.5. The minimum absolute atomic E-state index is 0.250. The third-order valence-corrected chi connectivity index (χ3v) is 5.59. The van der Waals surface area contributed by atoms with Crippen LogP contribution in [-0.2, 0) is 10.8 Å². The Labute approximate surface area is 153 Å². The van der Waals surface area contributed by atoms with Gasteiger partial charge in [0.1, 0.15) is 0 Å². The van der Waals surface area contributed by atoms with Gasteiger partial charge in [-0.05, 0) is 29.7 Å². The summed E-state index contributed by atoms with van der Waals surface area (Å²) in [7, 11) is 1.46. The highest BCUT2D eigenvalue weighted by Gasteiger charge is 2.20. The molecule has 0 unspecified atom stereocenters. The zero-order valence-corrected chi connectivity index (χ0v) is 15.2. The van der Waals surface area contributed by atoms with Crippen molar-refractivity contribution in [2.24, 2.45) is 0 Å². The molecule has 0 radical (unpaired) electrons. The van der Waals surface area contributed by atoms with Gasteiger partial charge in [0.15, 0.2) is 0 Å². The first-order valence-electron chi connectivity index (χ1n) is 8.05. The maximum absolute atomic E-state index is 13.4. The average molecular weight is 366 g/mol. The molecule has 0 aliphatic rings. The Balaban J connectivity index is 2.26. The van der Waals surface area contributed by atoms with Crippen molar-refractivity contribution in [2.75, 3.05) is 14.1 Å². The van der Waals surface area contributed by atoms with Crippen LogP contribution in [-0.4, -0.2) is 30.1 Å². The van der Waals surface area contributed by atoms with Gasteiger partial charge in [-0.15, -0.1) is 0 Å². The molecular weight excluding hydrogens is 348 g/mol. The molecule has 0 spiro atoms. The average Bonchev–Trinajstić information content (AvgIpc) is 2.71. The van der Waals surface area contributed by atoms with Gasteiger partial charge in [-0.1, -0.05) is 36.4 Å². The van der Waals surface area contributed by atoms with Crippen molar-refractivity contribution >= 4 is 33.4 Å². The molecule has 26 heavy (non-hydrogen) atoms. The lowest BCUT2D eigenvalue weighted by molar-refractivity contribution is 0.0954. The molecule has 5 nitrogen and oxygen atoms in total. The Morgan fingerprint density at radius 3 is 1.96 bits per heavy atom. The Kier molecular flexibility index (Phi) is 5.14. The van der Waals surface area contributed by atoms with Crippen molar-refractivity contribution in [3.05, 3.63) is 71.8 Å². The van der Waals surface area contributed by atoms with Gasteiger partial charge in [0, 0.05) is 25.0 Å². The van der Waals surface area contributed by atoms with Crippen LogP contribution in [0.5, 0.6) is 0 Å². The van der Waals surface area contributed by atoms with E-state index < -0.39 is 10.8 Å². The number of carbonyl (C=O) groups is 2. The largest absolute Gasteiger partial charge is 0.355 e. The predicted molar refractivity (Wildman–Crippen MR) is 102 cm³/mol. The van der Waals surface area contributed by atoms with Crippen LogP contribution in [0.1, 0.15) is 20.7 Å². The molecule has 0 bridgehead atoms. The zero-order valence-electron chi connectivity index (χ0n) is 14.4. The van der Waals surface area contributed by atoms with E-state index in [4.69, 9.17) is 0 Å². The second-order valence-corrected chi connectivity index (χ2v) is 7.00. The summed E-state index contributed by atoms with van der Waals surface area (Å²) in [5, 5.41) is 6.62. The second kappa shape index (κ2) is 7.49. The van der Waals surface area contributed by atoms with Crippen molar-refractivity contribution in [2.45, 2.75) is 9.79 Å². The number of rotatable bonds is 4. The second-order valence-electron chi connectivity index (χ2n) is 5.58. The standard InChI is InChI=1S/C20H18N2O3S/c1-21-19(23)14-9-3-4-11-16(14)26(25)17-12-6-8-13-7-5-10-15(18(13)17)20(24)22-2/h3-12H,1-2H3,(H,21,23)(H,22,24)/t26-/m1/s1. The smallest absolute Gasteiger partial charge is 0.252 e. The van der Waals surface area contributed by atoms with Crippen LogP contribution in [0, 0.1) is 0 Å². The third kappa shape index (κ3) is 3.11. The number of amides is 2. The summed E-state index contributed by atoms with van der Waals surface area (Å²) in [5.41, 5.74) is 0.800.